The number of nitrogens with zero attached hydrogens (tertiary/aromatic N) is 1. The quantitative estimate of drug-likeness (QED) is 0.552. The first-order chi connectivity index (χ1) is 12.5. The number of esters is 1. The number of nitriles is 1. The number of hydrogen-bond donors (Lipinski definition) is 0. The Morgan fingerprint density at radius 1 is 1.38 bits per heavy atom. The number of ether oxygens (including phenoxy) is 1. The standard InChI is InChI=1S/C23H27NO2/c1-4-15-11-20-16(12-22(15)26-14(2)25)5-7-19-18(20)9-10-23(3)17(13-24)6-8-21(19)23/h6,11-12,18-19,21H,4-5,7-10H2,1-3H3/t18-,19+,21-,23+/m0/s1. The van der Waals surface area contributed by atoms with Gasteiger partial charge in [-0.25, -0.2) is 0 Å². The van der Waals surface area contributed by atoms with Gasteiger partial charge in [0.15, 0.2) is 0 Å². The number of rotatable bonds is 2. The summed E-state index contributed by atoms with van der Waals surface area (Å²) in [6.07, 6.45) is 8.60. The summed E-state index contributed by atoms with van der Waals surface area (Å²) in [5.74, 6) is 2.34. The van der Waals surface area contributed by atoms with Gasteiger partial charge >= 0.3 is 5.97 Å². The van der Waals surface area contributed by atoms with E-state index < -0.39 is 0 Å². The maximum Gasteiger partial charge on any atom is 0.308 e. The fourth-order valence-corrected chi connectivity index (χ4v) is 5.91. The molecule has 26 heavy (non-hydrogen) atoms. The van der Waals surface area contributed by atoms with Crippen LogP contribution in [-0.2, 0) is 17.6 Å². The Labute approximate surface area is 156 Å². The summed E-state index contributed by atoms with van der Waals surface area (Å²) in [6, 6.07) is 6.90. The summed E-state index contributed by atoms with van der Waals surface area (Å²) >= 11 is 0. The molecule has 0 saturated heterocycles. The SMILES string of the molecule is CCc1cc2c(cc1OC(C)=O)CC[C@@H]1[C@@H]2CC[C@]2(C)C(C#N)=CC[C@@H]12. The van der Waals surface area contributed by atoms with Gasteiger partial charge in [-0.3, -0.25) is 4.79 Å². The van der Waals surface area contributed by atoms with E-state index in [4.69, 9.17) is 4.74 Å². The molecule has 0 N–H and O–H groups in total. The molecule has 0 bridgehead atoms. The molecule has 4 rings (SSSR count). The highest BCUT2D eigenvalue weighted by molar-refractivity contribution is 5.70. The molecule has 0 heterocycles. The van der Waals surface area contributed by atoms with Gasteiger partial charge in [-0.05, 0) is 79.0 Å². The third-order valence-electron chi connectivity index (χ3n) is 7.24. The second-order valence-electron chi connectivity index (χ2n) is 8.44. The van der Waals surface area contributed by atoms with Gasteiger partial charge in [-0.15, -0.1) is 0 Å². The number of aryl methyl sites for hydroxylation is 2. The van der Waals surface area contributed by atoms with E-state index in [1.54, 1.807) is 0 Å². The molecule has 1 aromatic rings. The van der Waals surface area contributed by atoms with Gasteiger partial charge < -0.3 is 4.74 Å². The summed E-state index contributed by atoms with van der Waals surface area (Å²) in [7, 11) is 0. The molecular weight excluding hydrogens is 322 g/mol. The van der Waals surface area contributed by atoms with Crippen LogP contribution in [0.15, 0.2) is 23.8 Å². The summed E-state index contributed by atoms with van der Waals surface area (Å²) < 4.78 is 5.47. The van der Waals surface area contributed by atoms with Gasteiger partial charge in [0.1, 0.15) is 5.75 Å². The molecule has 136 valence electrons. The van der Waals surface area contributed by atoms with Gasteiger partial charge in [0.2, 0.25) is 0 Å². The molecule has 0 aromatic heterocycles. The number of carbonyl (C=O) groups excluding carboxylic acids is 1. The normalized spacial score (nSPS) is 31.9. The van der Waals surface area contributed by atoms with Gasteiger partial charge in [-0.1, -0.05) is 26.0 Å². The van der Waals surface area contributed by atoms with Crippen molar-refractivity contribution in [1.29, 1.82) is 5.26 Å². The smallest absolute Gasteiger partial charge is 0.308 e. The molecule has 1 saturated carbocycles. The minimum atomic E-state index is -0.247. The molecule has 3 aliphatic rings. The maximum absolute atomic E-state index is 11.4. The van der Waals surface area contributed by atoms with E-state index >= 15 is 0 Å². The largest absolute Gasteiger partial charge is 0.426 e. The number of carbonyl (C=O) groups is 1. The summed E-state index contributed by atoms with van der Waals surface area (Å²) in [6.45, 7) is 5.90. The average molecular weight is 349 g/mol. The van der Waals surface area contributed by atoms with Crippen LogP contribution in [0.25, 0.3) is 0 Å². The van der Waals surface area contributed by atoms with Gasteiger partial charge in [0, 0.05) is 17.9 Å². The van der Waals surface area contributed by atoms with Crippen LogP contribution in [0.3, 0.4) is 0 Å². The van der Waals surface area contributed by atoms with E-state index in [-0.39, 0.29) is 11.4 Å². The number of hydrogen-bond acceptors (Lipinski definition) is 3. The highest BCUT2D eigenvalue weighted by Crippen LogP contribution is 2.61. The van der Waals surface area contributed by atoms with Crippen LogP contribution in [0, 0.1) is 28.6 Å². The molecule has 3 aliphatic carbocycles. The lowest BCUT2D eigenvalue weighted by Gasteiger charge is -2.49. The third-order valence-corrected chi connectivity index (χ3v) is 7.24. The van der Waals surface area contributed by atoms with E-state index in [2.05, 4.69) is 38.1 Å². The highest BCUT2D eigenvalue weighted by Gasteiger charge is 2.51. The van der Waals surface area contributed by atoms with E-state index in [0.29, 0.717) is 17.8 Å². The van der Waals surface area contributed by atoms with Crippen molar-refractivity contribution in [3.63, 3.8) is 0 Å². The zero-order valence-corrected chi connectivity index (χ0v) is 16.0. The van der Waals surface area contributed by atoms with Crippen LogP contribution < -0.4 is 4.74 Å². The van der Waals surface area contributed by atoms with Gasteiger partial charge in [0.25, 0.3) is 0 Å². The Kier molecular flexibility index (Phi) is 4.18. The Morgan fingerprint density at radius 2 is 2.19 bits per heavy atom. The minimum Gasteiger partial charge on any atom is -0.426 e. The first kappa shape index (κ1) is 17.3. The van der Waals surface area contributed by atoms with E-state index in [1.165, 1.54) is 24.5 Å². The molecule has 1 aromatic carbocycles. The predicted octanol–water partition coefficient (Wildman–Crippen LogP) is 5.09. The van der Waals surface area contributed by atoms with Crippen molar-refractivity contribution in [2.24, 2.45) is 17.3 Å². The van der Waals surface area contributed by atoms with Crippen LogP contribution in [0.4, 0.5) is 0 Å². The van der Waals surface area contributed by atoms with Crippen LogP contribution in [0.2, 0.25) is 0 Å². The second kappa shape index (κ2) is 6.27. The van der Waals surface area contributed by atoms with E-state index in [0.717, 1.165) is 49.0 Å². The highest BCUT2D eigenvalue weighted by atomic mass is 16.5. The topological polar surface area (TPSA) is 50.1 Å². The van der Waals surface area contributed by atoms with Gasteiger partial charge in [-0.2, -0.15) is 5.26 Å². The van der Waals surface area contributed by atoms with Crippen LogP contribution in [-0.4, -0.2) is 5.97 Å². The number of fused-ring (bicyclic) bond motifs is 5. The fourth-order valence-electron chi connectivity index (χ4n) is 5.91. The predicted molar refractivity (Wildman–Crippen MR) is 101 cm³/mol. The van der Waals surface area contributed by atoms with Crippen LogP contribution in [0.1, 0.15) is 69.1 Å². The summed E-state index contributed by atoms with van der Waals surface area (Å²) in [4.78, 5) is 11.4. The third kappa shape index (κ3) is 2.50. The lowest BCUT2D eigenvalue weighted by atomic mass is 9.54. The molecule has 0 spiro atoms. The number of benzene rings is 1. The molecule has 0 aliphatic heterocycles. The fraction of sp³-hybridized carbons (Fsp3) is 0.565. The zero-order chi connectivity index (χ0) is 18.5. The lowest BCUT2D eigenvalue weighted by Crippen LogP contribution is -2.41. The molecule has 4 atom stereocenters. The molecule has 0 radical (unpaired) electrons. The number of allylic oxidation sites excluding steroid dienone is 2. The Hall–Kier alpha value is -2.08. The second-order valence-corrected chi connectivity index (χ2v) is 8.44. The van der Waals surface area contributed by atoms with Crippen molar-refractivity contribution in [3.8, 4) is 11.8 Å². The summed E-state index contributed by atoms with van der Waals surface area (Å²) in [5.41, 5.74) is 5.07. The van der Waals surface area contributed by atoms with Crippen molar-refractivity contribution in [2.75, 3.05) is 0 Å². The summed E-state index contributed by atoms with van der Waals surface area (Å²) in [5, 5.41) is 9.54. The van der Waals surface area contributed by atoms with Crippen LogP contribution in [0.5, 0.6) is 5.75 Å². The monoisotopic (exact) mass is 349 g/mol. The van der Waals surface area contributed by atoms with Gasteiger partial charge in [0.05, 0.1) is 6.07 Å². The molecular formula is C23H27NO2. The lowest BCUT2D eigenvalue weighted by molar-refractivity contribution is -0.131. The van der Waals surface area contributed by atoms with E-state index in [9.17, 15) is 10.1 Å². The zero-order valence-electron chi connectivity index (χ0n) is 16.0. The first-order valence-electron chi connectivity index (χ1n) is 9.92. The van der Waals surface area contributed by atoms with Crippen LogP contribution >= 0.6 is 0 Å². The maximum atomic E-state index is 11.4. The Morgan fingerprint density at radius 3 is 2.88 bits per heavy atom. The van der Waals surface area contributed by atoms with E-state index in [1.807, 2.05) is 0 Å². The molecule has 1 fully saturated rings. The molecule has 3 heteroatoms. The first-order valence-corrected chi connectivity index (χ1v) is 9.92. The van der Waals surface area contributed by atoms with Crippen molar-refractivity contribution in [3.05, 3.63) is 40.5 Å². The molecule has 0 amide bonds. The minimum absolute atomic E-state index is 0.0820. The Bertz CT molecular complexity index is 831. The molecule has 0 unspecified atom stereocenters. The van der Waals surface area contributed by atoms with Crippen molar-refractivity contribution in [2.45, 2.75) is 65.2 Å². The molecule has 3 nitrogen and oxygen atoms in total. The Balaban J connectivity index is 1.69. The van der Waals surface area contributed by atoms with Crippen molar-refractivity contribution >= 4 is 5.97 Å². The van der Waals surface area contributed by atoms with Crippen molar-refractivity contribution in [1.82, 2.24) is 0 Å². The average Bonchev–Trinajstić information content (AvgIpc) is 2.96. The van der Waals surface area contributed by atoms with Crippen molar-refractivity contribution < 1.29 is 9.53 Å².